The zero-order valence-corrected chi connectivity index (χ0v) is 16.1. The van der Waals surface area contributed by atoms with Crippen LogP contribution in [0.1, 0.15) is 48.0 Å². The van der Waals surface area contributed by atoms with Gasteiger partial charge in [-0.05, 0) is 73.7 Å². The highest BCUT2D eigenvalue weighted by atomic mass is 16.5. The fraction of sp³-hybridized carbons (Fsp3) is 0.348. The van der Waals surface area contributed by atoms with E-state index in [9.17, 15) is 9.90 Å². The number of methoxy groups -OCH3 is 2. The number of rotatable bonds is 11. The summed E-state index contributed by atoms with van der Waals surface area (Å²) in [6.07, 6.45) is 9.99. The van der Waals surface area contributed by atoms with Crippen LogP contribution in [0.2, 0.25) is 0 Å². The molecular formula is C23H28O4. The first-order chi connectivity index (χ1) is 13.1. The molecule has 0 heterocycles. The van der Waals surface area contributed by atoms with Crippen LogP contribution in [0.15, 0.2) is 54.6 Å². The van der Waals surface area contributed by atoms with Gasteiger partial charge in [0, 0.05) is 5.56 Å². The number of phenols is 1. The second-order valence-corrected chi connectivity index (χ2v) is 6.46. The molecule has 0 fully saturated rings. The Labute approximate surface area is 161 Å². The van der Waals surface area contributed by atoms with Gasteiger partial charge in [0.05, 0.1) is 14.2 Å². The Bertz CT molecular complexity index is 747. The van der Waals surface area contributed by atoms with Crippen molar-refractivity contribution >= 4 is 5.78 Å². The quantitative estimate of drug-likeness (QED) is 0.330. The van der Waals surface area contributed by atoms with E-state index in [-0.39, 0.29) is 11.5 Å². The van der Waals surface area contributed by atoms with Gasteiger partial charge in [-0.15, -0.1) is 0 Å². The first-order valence-corrected chi connectivity index (χ1v) is 9.35. The molecule has 0 bridgehead atoms. The monoisotopic (exact) mass is 368 g/mol. The average molecular weight is 368 g/mol. The van der Waals surface area contributed by atoms with E-state index in [1.165, 1.54) is 17.7 Å². The van der Waals surface area contributed by atoms with Gasteiger partial charge >= 0.3 is 0 Å². The highest BCUT2D eigenvalue weighted by Crippen LogP contribution is 2.28. The molecule has 0 aliphatic heterocycles. The van der Waals surface area contributed by atoms with Crippen LogP contribution in [0.25, 0.3) is 0 Å². The number of ketones is 1. The molecule has 0 aromatic heterocycles. The Hall–Kier alpha value is -2.75. The summed E-state index contributed by atoms with van der Waals surface area (Å²) < 4.78 is 10.6. The average Bonchev–Trinajstić information content (AvgIpc) is 2.70. The lowest BCUT2D eigenvalue weighted by atomic mass is 10.0. The van der Waals surface area contributed by atoms with Gasteiger partial charge in [-0.2, -0.15) is 0 Å². The number of carbonyl (C=O) groups is 1. The summed E-state index contributed by atoms with van der Waals surface area (Å²) in [5, 5.41) is 9.24. The molecule has 0 atom stereocenters. The molecule has 2 rings (SSSR count). The SMILES string of the molecule is COc1ccc(CCCCCC/C=C/C(=O)c2ccc(O)cc2)cc1OC. The van der Waals surface area contributed by atoms with Crippen LogP contribution in [0.5, 0.6) is 17.2 Å². The third kappa shape index (κ3) is 6.81. The molecule has 4 heteroatoms. The number of aryl methyl sites for hydroxylation is 1. The molecule has 1 N–H and O–H groups in total. The lowest BCUT2D eigenvalue weighted by molar-refractivity contribution is 0.104. The lowest BCUT2D eigenvalue weighted by Gasteiger charge is -2.09. The van der Waals surface area contributed by atoms with Crippen LogP contribution in [0.3, 0.4) is 0 Å². The van der Waals surface area contributed by atoms with Crippen LogP contribution in [0, 0.1) is 0 Å². The van der Waals surface area contributed by atoms with E-state index in [0.717, 1.165) is 50.0 Å². The molecule has 0 spiro atoms. The third-order valence-corrected chi connectivity index (χ3v) is 4.46. The van der Waals surface area contributed by atoms with Crippen molar-refractivity contribution in [1.29, 1.82) is 0 Å². The van der Waals surface area contributed by atoms with Crippen molar-refractivity contribution in [3.63, 3.8) is 0 Å². The molecule has 0 unspecified atom stereocenters. The fourth-order valence-electron chi connectivity index (χ4n) is 2.89. The second-order valence-electron chi connectivity index (χ2n) is 6.46. The maximum atomic E-state index is 12.0. The summed E-state index contributed by atoms with van der Waals surface area (Å²) in [4.78, 5) is 12.0. The number of hydrogen-bond acceptors (Lipinski definition) is 4. The second kappa shape index (κ2) is 11.1. The lowest BCUT2D eigenvalue weighted by Crippen LogP contribution is -1.93. The number of unbranched alkanes of at least 4 members (excludes halogenated alkanes) is 4. The summed E-state index contributed by atoms with van der Waals surface area (Å²) in [7, 11) is 3.30. The first-order valence-electron chi connectivity index (χ1n) is 9.35. The smallest absolute Gasteiger partial charge is 0.185 e. The van der Waals surface area contributed by atoms with Crippen LogP contribution in [-0.2, 0) is 6.42 Å². The van der Waals surface area contributed by atoms with Crippen LogP contribution >= 0.6 is 0 Å². The minimum Gasteiger partial charge on any atom is -0.508 e. The Morgan fingerprint density at radius 2 is 1.63 bits per heavy atom. The number of benzene rings is 2. The van der Waals surface area contributed by atoms with E-state index in [1.54, 1.807) is 32.4 Å². The zero-order valence-electron chi connectivity index (χ0n) is 16.1. The van der Waals surface area contributed by atoms with Gasteiger partial charge in [-0.25, -0.2) is 0 Å². The molecule has 144 valence electrons. The van der Waals surface area contributed by atoms with E-state index in [0.29, 0.717) is 5.56 Å². The van der Waals surface area contributed by atoms with Crippen LogP contribution in [0.4, 0.5) is 0 Å². The van der Waals surface area contributed by atoms with Crippen molar-refractivity contribution in [3.8, 4) is 17.2 Å². The van der Waals surface area contributed by atoms with Gasteiger partial charge in [0.2, 0.25) is 0 Å². The number of allylic oxidation sites excluding steroid dienone is 2. The minimum absolute atomic E-state index is 0.0246. The molecule has 0 saturated carbocycles. The normalized spacial score (nSPS) is 10.9. The summed E-state index contributed by atoms with van der Waals surface area (Å²) in [6.45, 7) is 0. The maximum Gasteiger partial charge on any atom is 0.185 e. The van der Waals surface area contributed by atoms with E-state index in [1.807, 2.05) is 18.2 Å². The Morgan fingerprint density at radius 3 is 2.33 bits per heavy atom. The first kappa shape index (κ1) is 20.6. The molecule has 0 amide bonds. The molecule has 0 saturated heterocycles. The number of ether oxygens (including phenoxy) is 2. The summed E-state index contributed by atoms with van der Waals surface area (Å²) in [5.74, 6) is 1.68. The minimum atomic E-state index is -0.0246. The van der Waals surface area contributed by atoms with E-state index >= 15 is 0 Å². The highest BCUT2D eigenvalue weighted by molar-refractivity contribution is 6.04. The molecule has 2 aromatic carbocycles. The molecule has 0 aliphatic carbocycles. The van der Waals surface area contributed by atoms with Gasteiger partial charge < -0.3 is 14.6 Å². The number of aromatic hydroxyl groups is 1. The van der Waals surface area contributed by atoms with Crippen LogP contribution < -0.4 is 9.47 Å². The molecule has 4 nitrogen and oxygen atoms in total. The van der Waals surface area contributed by atoms with Crippen molar-refractivity contribution in [3.05, 3.63) is 65.7 Å². The van der Waals surface area contributed by atoms with Crippen molar-refractivity contribution < 1.29 is 19.4 Å². The summed E-state index contributed by atoms with van der Waals surface area (Å²) in [6, 6.07) is 12.4. The van der Waals surface area contributed by atoms with Gasteiger partial charge in [-0.1, -0.05) is 25.0 Å². The standard InChI is InChI=1S/C23H28O4/c1-26-22-16-11-18(17-23(22)27-2)9-7-5-3-4-6-8-10-21(25)19-12-14-20(24)15-13-19/h8,10-17,24H,3-7,9H2,1-2H3/b10-8+. The Morgan fingerprint density at radius 1 is 0.926 bits per heavy atom. The van der Waals surface area contributed by atoms with Gasteiger partial charge in [0.25, 0.3) is 0 Å². The van der Waals surface area contributed by atoms with Gasteiger partial charge in [-0.3, -0.25) is 4.79 Å². The maximum absolute atomic E-state index is 12.0. The van der Waals surface area contributed by atoms with E-state index in [2.05, 4.69) is 6.07 Å². The Balaban J connectivity index is 1.62. The van der Waals surface area contributed by atoms with E-state index in [4.69, 9.17) is 9.47 Å². The van der Waals surface area contributed by atoms with E-state index < -0.39 is 0 Å². The molecular weight excluding hydrogens is 340 g/mol. The summed E-state index contributed by atoms with van der Waals surface area (Å²) >= 11 is 0. The molecule has 2 aromatic rings. The fourth-order valence-corrected chi connectivity index (χ4v) is 2.89. The van der Waals surface area contributed by atoms with Crippen molar-refractivity contribution in [1.82, 2.24) is 0 Å². The summed E-state index contributed by atoms with van der Waals surface area (Å²) in [5.41, 5.74) is 1.85. The number of carbonyl (C=O) groups excluding carboxylic acids is 1. The topological polar surface area (TPSA) is 55.8 Å². The predicted molar refractivity (Wildman–Crippen MR) is 108 cm³/mol. The Kier molecular flexibility index (Phi) is 8.43. The van der Waals surface area contributed by atoms with Gasteiger partial charge in [0.1, 0.15) is 5.75 Å². The van der Waals surface area contributed by atoms with Crippen molar-refractivity contribution in [2.24, 2.45) is 0 Å². The molecule has 0 aliphatic rings. The van der Waals surface area contributed by atoms with Crippen LogP contribution in [-0.4, -0.2) is 25.1 Å². The number of phenolic OH excluding ortho intramolecular Hbond substituents is 1. The molecule has 0 radical (unpaired) electrons. The highest BCUT2D eigenvalue weighted by Gasteiger charge is 2.04. The van der Waals surface area contributed by atoms with Crippen molar-refractivity contribution in [2.75, 3.05) is 14.2 Å². The largest absolute Gasteiger partial charge is 0.508 e. The van der Waals surface area contributed by atoms with Gasteiger partial charge in [0.15, 0.2) is 17.3 Å². The van der Waals surface area contributed by atoms with Crippen molar-refractivity contribution in [2.45, 2.75) is 38.5 Å². The zero-order chi connectivity index (χ0) is 19.5. The third-order valence-electron chi connectivity index (χ3n) is 4.46. The molecule has 27 heavy (non-hydrogen) atoms. The number of hydrogen-bond donors (Lipinski definition) is 1. The predicted octanol–water partition coefficient (Wildman–Crippen LogP) is 5.34.